The summed E-state index contributed by atoms with van der Waals surface area (Å²) in [7, 11) is 1.66. The lowest BCUT2D eigenvalue weighted by molar-refractivity contribution is 0.391. The maximum atomic E-state index is 5.99. The number of aromatic nitrogens is 1. The zero-order valence-electron chi connectivity index (χ0n) is 13.0. The van der Waals surface area contributed by atoms with E-state index in [2.05, 4.69) is 30.2 Å². The molecule has 4 heteroatoms. The van der Waals surface area contributed by atoms with Gasteiger partial charge in [-0.15, -0.1) is 0 Å². The van der Waals surface area contributed by atoms with Crippen molar-refractivity contribution < 1.29 is 9.15 Å². The normalized spacial score (nSPS) is 14.0. The van der Waals surface area contributed by atoms with Gasteiger partial charge in [0.05, 0.1) is 13.2 Å². The molecule has 4 nitrogen and oxygen atoms in total. The molecule has 1 N–H and O–H groups in total. The zero-order chi connectivity index (χ0) is 15.5. The van der Waals surface area contributed by atoms with Gasteiger partial charge in [-0.05, 0) is 43.7 Å². The summed E-state index contributed by atoms with van der Waals surface area (Å²) in [5.41, 5.74) is 2.00. The number of fused-ring (bicyclic) bond motifs is 1. The first-order chi connectivity index (χ1) is 10.7. The Hall–Kier alpha value is -2.33. The highest BCUT2D eigenvalue weighted by Gasteiger charge is 2.16. The van der Waals surface area contributed by atoms with Crippen LogP contribution in [0, 0.1) is 0 Å². The minimum absolute atomic E-state index is 0.0975. The zero-order valence-corrected chi connectivity index (χ0v) is 13.0. The quantitative estimate of drug-likeness (QED) is 0.764. The van der Waals surface area contributed by atoms with Crippen LogP contribution >= 0.6 is 0 Å². The van der Waals surface area contributed by atoms with Crippen molar-refractivity contribution in [2.24, 2.45) is 0 Å². The summed E-state index contributed by atoms with van der Waals surface area (Å²) in [5, 5.41) is 4.60. The maximum Gasteiger partial charge on any atom is 0.176 e. The Labute approximate surface area is 130 Å². The fourth-order valence-electron chi connectivity index (χ4n) is 2.64. The molecule has 22 heavy (non-hydrogen) atoms. The van der Waals surface area contributed by atoms with Crippen LogP contribution in [0.25, 0.3) is 11.0 Å². The molecule has 0 radical (unpaired) electrons. The molecule has 0 aliphatic heterocycles. The molecule has 0 unspecified atom stereocenters. The van der Waals surface area contributed by atoms with Crippen molar-refractivity contribution in [2.75, 3.05) is 7.11 Å². The van der Waals surface area contributed by atoms with E-state index < -0.39 is 0 Å². The molecular formula is C18H20N2O2. The minimum atomic E-state index is 0.0975. The van der Waals surface area contributed by atoms with Crippen LogP contribution in [0.4, 0.5) is 0 Å². The van der Waals surface area contributed by atoms with E-state index in [1.807, 2.05) is 42.7 Å². The fourth-order valence-corrected chi connectivity index (χ4v) is 2.64. The number of para-hydroxylation sites is 1. The Morgan fingerprint density at radius 1 is 1.09 bits per heavy atom. The SMILES string of the molecule is COc1cccc2cc([C@H](C)N[C@H](C)c3ccncc3)oc12. The number of rotatable bonds is 5. The standard InChI is InChI=1S/C18H20N2O2/c1-12(14-7-9-19-10-8-14)20-13(2)17-11-15-5-4-6-16(21-3)18(15)22-17/h4-13,20H,1-3H3/t12-,13+/m1/s1. The first-order valence-electron chi connectivity index (χ1n) is 7.41. The van der Waals surface area contributed by atoms with Gasteiger partial charge in [-0.1, -0.05) is 12.1 Å². The van der Waals surface area contributed by atoms with Gasteiger partial charge in [-0.2, -0.15) is 0 Å². The summed E-state index contributed by atoms with van der Waals surface area (Å²) < 4.78 is 11.3. The lowest BCUT2D eigenvalue weighted by Gasteiger charge is -2.18. The Kier molecular flexibility index (Phi) is 4.11. The molecule has 2 aromatic heterocycles. The molecule has 0 fully saturated rings. The highest BCUT2D eigenvalue weighted by molar-refractivity contribution is 5.83. The van der Waals surface area contributed by atoms with E-state index in [4.69, 9.17) is 9.15 Å². The molecule has 2 atom stereocenters. The predicted molar refractivity (Wildman–Crippen MR) is 87.0 cm³/mol. The second kappa shape index (κ2) is 6.20. The molecule has 3 aromatic rings. The summed E-state index contributed by atoms with van der Waals surface area (Å²) in [6, 6.07) is 12.3. The van der Waals surface area contributed by atoms with Crippen LogP contribution in [0.15, 0.2) is 53.2 Å². The third-order valence-corrected chi connectivity index (χ3v) is 3.88. The number of benzene rings is 1. The first-order valence-corrected chi connectivity index (χ1v) is 7.41. The molecule has 2 heterocycles. The Balaban J connectivity index is 1.82. The van der Waals surface area contributed by atoms with Crippen molar-refractivity contribution in [3.8, 4) is 5.75 Å². The van der Waals surface area contributed by atoms with Crippen molar-refractivity contribution in [3.05, 3.63) is 60.1 Å². The topological polar surface area (TPSA) is 47.3 Å². The van der Waals surface area contributed by atoms with E-state index >= 15 is 0 Å². The minimum Gasteiger partial charge on any atom is -0.493 e. The van der Waals surface area contributed by atoms with Crippen LogP contribution in [0.3, 0.4) is 0 Å². The molecule has 0 amide bonds. The predicted octanol–water partition coefficient (Wildman–Crippen LogP) is 4.25. The molecular weight excluding hydrogens is 276 g/mol. The Morgan fingerprint density at radius 3 is 2.59 bits per heavy atom. The van der Waals surface area contributed by atoms with E-state index in [1.165, 1.54) is 5.56 Å². The van der Waals surface area contributed by atoms with Gasteiger partial charge in [0, 0.05) is 23.8 Å². The number of nitrogens with zero attached hydrogens (tertiary/aromatic N) is 1. The van der Waals surface area contributed by atoms with Crippen LogP contribution in [0.1, 0.15) is 37.3 Å². The van der Waals surface area contributed by atoms with E-state index in [-0.39, 0.29) is 12.1 Å². The lowest BCUT2D eigenvalue weighted by Crippen LogP contribution is -2.22. The lowest BCUT2D eigenvalue weighted by atomic mass is 10.1. The first kappa shape index (κ1) is 14.6. The summed E-state index contributed by atoms with van der Waals surface area (Å²) in [6.45, 7) is 4.23. The second-order valence-electron chi connectivity index (χ2n) is 5.42. The molecule has 0 aliphatic rings. The van der Waals surface area contributed by atoms with Gasteiger partial charge >= 0.3 is 0 Å². The van der Waals surface area contributed by atoms with Crippen LogP contribution in [-0.4, -0.2) is 12.1 Å². The average Bonchev–Trinajstić information content (AvgIpc) is 2.99. The van der Waals surface area contributed by atoms with E-state index in [0.717, 1.165) is 22.5 Å². The molecule has 0 aliphatic carbocycles. The summed E-state index contributed by atoms with van der Waals surface area (Å²) >= 11 is 0. The van der Waals surface area contributed by atoms with Gasteiger partial charge in [0.25, 0.3) is 0 Å². The summed E-state index contributed by atoms with van der Waals surface area (Å²) in [4.78, 5) is 4.05. The third kappa shape index (κ3) is 2.83. The van der Waals surface area contributed by atoms with Crippen LogP contribution in [0.2, 0.25) is 0 Å². The number of pyridine rings is 1. The van der Waals surface area contributed by atoms with Gasteiger partial charge < -0.3 is 14.5 Å². The van der Waals surface area contributed by atoms with E-state index in [0.29, 0.717) is 0 Å². The summed E-state index contributed by atoms with van der Waals surface area (Å²) in [5.74, 6) is 1.67. The third-order valence-electron chi connectivity index (χ3n) is 3.88. The number of methoxy groups -OCH3 is 1. The number of hydrogen-bond donors (Lipinski definition) is 1. The van der Waals surface area contributed by atoms with Crippen molar-refractivity contribution >= 4 is 11.0 Å². The Morgan fingerprint density at radius 2 is 1.86 bits per heavy atom. The highest BCUT2D eigenvalue weighted by Crippen LogP contribution is 2.31. The molecule has 0 bridgehead atoms. The van der Waals surface area contributed by atoms with Gasteiger partial charge in [-0.3, -0.25) is 4.98 Å². The number of hydrogen-bond acceptors (Lipinski definition) is 4. The van der Waals surface area contributed by atoms with Crippen LogP contribution in [0.5, 0.6) is 5.75 Å². The molecule has 0 saturated heterocycles. The second-order valence-corrected chi connectivity index (χ2v) is 5.42. The van der Waals surface area contributed by atoms with Crippen LogP contribution < -0.4 is 10.1 Å². The molecule has 0 spiro atoms. The van der Waals surface area contributed by atoms with Crippen molar-refractivity contribution in [1.82, 2.24) is 10.3 Å². The maximum absolute atomic E-state index is 5.99. The Bertz CT molecular complexity index is 752. The number of nitrogens with one attached hydrogen (secondary N) is 1. The average molecular weight is 296 g/mol. The molecule has 1 aromatic carbocycles. The molecule has 0 saturated carbocycles. The molecule has 114 valence electrons. The molecule has 3 rings (SSSR count). The van der Waals surface area contributed by atoms with Crippen LogP contribution in [-0.2, 0) is 0 Å². The fraction of sp³-hybridized carbons (Fsp3) is 0.278. The van der Waals surface area contributed by atoms with Crippen molar-refractivity contribution in [2.45, 2.75) is 25.9 Å². The monoisotopic (exact) mass is 296 g/mol. The van der Waals surface area contributed by atoms with E-state index in [9.17, 15) is 0 Å². The van der Waals surface area contributed by atoms with Gasteiger partial charge in [0.2, 0.25) is 0 Å². The summed E-state index contributed by atoms with van der Waals surface area (Å²) in [6.07, 6.45) is 3.62. The smallest absolute Gasteiger partial charge is 0.176 e. The van der Waals surface area contributed by atoms with Gasteiger partial charge in [0.15, 0.2) is 11.3 Å². The van der Waals surface area contributed by atoms with E-state index in [1.54, 1.807) is 7.11 Å². The number of furan rings is 1. The van der Waals surface area contributed by atoms with Crippen molar-refractivity contribution in [1.29, 1.82) is 0 Å². The van der Waals surface area contributed by atoms with Gasteiger partial charge in [-0.25, -0.2) is 0 Å². The van der Waals surface area contributed by atoms with Gasteiger partial charge in [0.1, 0.15) is 5.76 Å². The highest BCUT2D eigenvalue weighted by atomic mass is 16.5. The largest absolute Gasteiger partial charge is 0.493 e. The number of ether oxygens (including phenoxy) is 1. The van der Waals surface area contributed by atoms with Crippen molar-refractivity contribution in [3.63, 3.8) is 0 Å².